The average molecular weight is 880 g/mol. The van der Waals surface area contributed by atoms with Crippen molar-refractivity contribution in [3.05, 3.63) is 104 Å². The van der Waals surface area contributed by atoms with Gasteiger partial charge in [-0.2, -0.15) is 5.06 Å². The maximum absolute atomic E-state index is 14.8. The van der Waals surface area contributed by atoms with Crippen molar-refractivity contribution < 1.29 is 48.1 Å². The van der Waals surface area contributed by atoms with Crippen LogP contribution >= 0.6 is 22.6 Å². The summed E-state index contributed by atoms with van der Waals surface area (Å²) in [6, 6.07) is 21.1. The van der Waals surface area contributed by atoms with E-state index < -0.39 is 71.1 Å². The normalized spacial score (nSPS) is 27.6. The lowest BCUT2D eigenvalue weighted by molar-refractivity contribution is -0.217. The summed E-state index contributed by atoms with van der Waals surface area (Å²) in [4.78, 5) is 61.0. The zero-order chi connectivity index (χ0) is 39.4. The van der Waals surface area contributed by atoms with Gasteiger partial charge < -0.3 is 34.7 Å². The lowest BCUT2D eigenvalue weighted by Gasteiger charge is -2.48. The van der Waals surface area contributed by atoms with Crippen LogP contribution in [0.3, 0.4) is 0 Å². The van der Waals surface area contributed by atoms with Crippen LogP contribution in [0.5, 0.6) is 0 Å². The summed E-state index contributed by atoms with van der Waals surface area (Å²) in [5.74, 6) is -2.74. The van der Waals surface area contributed by atoms with Crippen molar-refractivity contribution in [2.45, 2.75) is 114 Å². The quantitative estimate of drug-likeness (QED) is 0.189. The van der Waals surface area contributed by atoms with E-state index in [9.17, 15) is 24.3 Å². The summed E-state index contributed by atoms with van der Waals surface area (Å²) < 4.78 is 26.1. The maximum Gasteiger partial charge on any atom is 0.327 e. The number of rotatable bonds is 11. The van der Waals surface area contributed by atoms with Crippen molar-refractivity contribution in [2.75, 3.05) is 6.61 Å². The Morgan fingerprint density at radius 3 is 2.39 bits per heavy atom. The van der Waals surface area contributed by atoms with E-state index in [4.69, 9.17) is 23.8 Å². The molecule has 296 valence electrons. The van der Waals surface area contributed by atoms with E-state index in [0.717, 1.165) is 20.3 Å². The second-order valence-corrected chi connectivity index (χ2v) is 17.7. The molecule has 1 spiro atoms. The molecule has 2 amide bonds. The molecule has 0 radical (unpaired) electrons. The average Bonchev–Trinajstić information content (AvgIpc) is 3.84. The number of esters is 2. The largest absolute Gasteiger partial charge is 0.460 e. The Morgan fingerprint density at radius 2 is 1.70 bits per heavy atom. The number of benzene rings is 3. The van der Waals surface area contributed by atoms with Crippen molar-refractivity contribution in [2.24, 2.45) is 5.41 Å². The van der Waals surface area contributed by atoms with Gasteiger partial charge in [0, 0.05) is 41.4 Å². The monoisotopic (exact) mass is 879 g/mol. The van der Waals surface area contributed by atoms with Crippen LogP contribution in [0.1, 0.15) is 72.6 Å². The number of hydroxylamine groups is 2. The van der Waals surface area contributed by atoms with Gasteiger partial charge in [-0.15, -0.1) is 0 Å². The van der Waals surface area contributed by atoms with Gasteiger partial charge in [-0.25, -0.2) is 0 Å². The Labute approximate surface area is 338 Å². The molecular formula is C42H46IN3O10. The fraction of sp³-hybridized carbons (Fsp3) is 0.476. The second kappa shape index (κ2) is 15.1. The Hall–Kier alpha value is -3.93. The van der Waals surface area contributed by atoms with Crippen LogP contribution in [0.15, 0.2) is 72.8 Å². The van der Waals surface area contributed by atoms with Crippen LogP contribution in [-0.4, -0.2) is 88.4 Å². The van der Waals surface area contributed by atoms with Gasteiger partial charge in [0.25, 0.3) is 5.91 Å². The number of hydrogen-bond acceptors (Lipinski definition) is 11. The van der Waals surface area contributed by atoms with Crippen LogP contribution in [0, 0.1) is 8.99 Å². The van der Waals surface area contributed by atoms with E-state index in [2.05, 4.69) is 45.4 Å². The Bertz CT molecular complexity index is 1990. The number of nitrogens with zero attached hydrogens (tertiary/aromatic N) is 1. The number of nitrogens with one attached hydrogen (secondary N) is 2. The Balaban J connectivity index is 1.01. The summed E-state index contributed by atoms with van der Waals surface area (Å²) in [6.07, 6.45) is -1.39. The lowest BCUT2D eigenvalue weighted by Crippen LogP contribution is -2.69. The molecule has 2 aliphatic carbocycles. The van der Waals surface area contributed by atoms with Gasteiger partial charge in [-0.3, -0.25) is 24.0 Å². The highest BCUT2D eigenvalue weighted by atomic mass is 127. The van der Waals surface area contributed by atoms with Crippen LogP contribution in [0.2, 0.25) is 0 Å². The minimum absolute atomic E-state index is 0.0340. The number of aliphatic hydroxyl groups is 1. The van der Waals surface area contributed by atoms with E-state index in [1.54, 1.807) is 50.1 Å². The molecule has 3 aromatic carbocycles. The summed E-state index contributed by atoms with van der Waals surface area (Å²) in [5.41, 5.74) is 2.14. The second-order valence-electron chi connectivity index (χ2n) is 16.4. The SMILES string of the molecule is CC(C)(C)OC(=O)CC[C@@H](CO)NC(=O)c1cccc(CNC(=O)[C@@]23C[C@H]4OC(=O)[C@@H]2N(Cc2ccc(I)cc2)O[C@@H]3[C@H]2OC3(Cc5ccccc5C3)O[C@H]24)c1. The zero-order valence-corrected chi connectivity index (χ0v) is 33.7. The summed E-state index contributed by atoms with van der Waals surface area (Å²) in [6.45, 7) is 5.27. The van der Waals surface area contributed by atoms with Gasteiger partial charge >= 0.3 is 11.9 Å². The molecule has 2 bridgehead atoms. The molecule has 1 saturated carbocycles. The van der Waals surface area contributed by atoms with Gasteiger partial charge in [0.05, 0.1) is 19.2 Å². The number of aliphatic hydroxyl groups excluding tert-OH is 1. The molecule has 56 heavy (non-hydrogen) atoms. The molecule has 3 heterocycles. The summed E-state index contributed by atoms with van der Waals surface area (Å²) in [5, 5.41) is 17.4. The predicted molar refractivity (Wildman–Crippen MR) is 208 cm³/mol. The fourth-order valence-corrected chi connectivity index (χ4v) is 9.22. The van der Waals surface area contributed by atoms with Crippen LogP contribution in [0.4, 0.5) is 0 Å². The van der Waals surface area contributed by atoms with Crippen molar-refractivity contribution in [3.8, 4) is 0 Å². The minimum atomic E-state index is -1.36. The molecule has 7 atom stereocenters. The number of carbonyl (C=O) groups is 4. The van der Waals surface area contributed by atoms with E-state index in [1.165, 1.54) is 0 Å². The van der Waals surface area contributed by atoms with Gasteiger partial charge in [0.15, 0.2) is 11.8 Å². The van der Waals surface area contributed by atoms with Crippen LogP contribution < -0.4 is 10.6 Å². The first-order valence-corrected chi connectivity index (χ1v) is 20.2. The van der Waals surface area contributed by atoms with E-state index >= 15 is 0 Å². The summed E-state index contributed by atoms with van der Waals surface area (Å²) >= 11 is 2.24. The van der Waals surface area contributed by atoms with Crippen LogP contribution in [0.25, 0.3) is 0 Å². The Kier molecular flexibility index (Phi) is 10.5. The van der Waals surface area contributed by atoms with Gasteiger partial charge in [0.1, 0.15) is 35.4 Å². The highest BCUT2D eigenvalue weighted by Gasteiger charge is 2.76. The molecule has 3 aromatic rings. The highest BCUT2D eigenvalue weighted by molar-refractivity contribution is 14.1. The van der Waals surface area contributed by atoms with Gasteiger partial charge in [-0.05, 0) is 96.3 Å². The molecule has 3 aliphatic heterocycles. The first-order chi connectivity index (χ1) is 26.8. The molecule has 3 saturated heterocycles. The molecule has 13 nitrogen and oxygen atoms in total. The van der Waals surface area contributed by atoms with Crippen molar-refractivity contribution in [3.63, 3.8) is 0 Å². The number of hydrogen-bond donors (Lipinski definition) is 3. The number of fused-ring (bicyclic) bond motifs is 5. The standard InChI is InChI=1S/C42H46IN3O10/c1-40(2,3)53-32(48)16-15-30(23-47)45-37(49)26-10-6-7-25(17-26)21-44-39(51)42-20-31-33-34(55-41(54-33)18-27-8-4-5-9-28(27)19-41)36(42)56-46(35(42)38(50)52-31)22-24-11-13-29(43)14-12-24/h4-14,17,30-31,33-36,47H,15-16,18-23H2,1-3H3,(H,44,51)(H,45,49)/t30-,31+,33-,34-,35-,36+,42-/m0/s1. The van der Waals surface area contributed by atoms with Gasteiger partial charge in [0.2, 0.25) is 5.91 Å². The summed E-state index contributed by atoms with van der Waals surface area (Å²) in [7, 11) is 0. The van der Waals surface area contributed by atoms with Gasteiger partial charge in [-0.1, -0.05) is 48.5 Å². The van der Waals surface area contributed by atoms with E-state index in [1.807, 2.05) is 36.4 Å². The number of carbonyl (C=O) groups excluding carboxylic acids is 4. The van der Waals surface area contributed by atoms with Crippen molar-refractivity contribution >= 4 is 46.3 Å². The number of amides is 2. The third-order valence-electron chi connectivity index (χ3n) is 11.3. The van der Waals surface area contributed by atoms with Crippen molar-refractivity contribution in [1.82, 2.24) is 15.7 Å². The smallest absolute Gasteiger partial charge is 0.327 e. The predicted octanol–water partition coefficient (Wildman–Crippen LogP) is 3.90. The Morgan fingerprint density at radius 1 is 0.982 bits per heavy atom. The first-order valence-electron chi connectivity index (χ1n) is 19.1. The van der Waals surface area contributed by atoms with Crippen molar-refractivity contribution in [1.29, 1.82) is 0 Å². The first kappa shape index (κ1) is 38.9. The third-order valence-corrected chi connectivity index (χ3v) is 12.0. The van der Waals surface area contributed by atoms with E-state index in [0.29, 0.717) is 24.0 Å². The topological polar surface area (TPSA) is 162 Å². The molecule has 14 heteroatoms. The molecule has 8 rings (SSSR count). The third kappa shape index (κ3) is 7.47. The molecule has 5 aliphatic rings. The molecule has 4 fully saturated rings. The number of halogens is 1. The van der Waals surface area contributed by atoms with Crippen LogP contribution in [-0.2, 0) is 64.1 Å². The van der Waals surface area contributed by atoms with E-state index in [-0.39, 0.29) is 44.9 Å². The molecule has 0 unspecified atom stereocenters. The maximum atomic E-state index is 14.8. The molecular weight excluding hydrogens is 833 g/mol. The highest BCUT2D eigenvalue weighted by Crippen LogP contribution is 2.58. The molecule has 0 aromatic heterocycles. The molecule has 3 N–H and O–H groups in total. The fourth-order valence-electron chi connectivity index (χ4n) is 8.86. The zero-order valence-electron chi connectivity index (χ0n) is 31.5. The number of ether oxygens (including phenoxy) is 4. The minimum Gasteiger partial charge on any atom is -0.460 e. The lowest BCUT2D eigenvalue weighted by atomic mass is 9.62.